The monoisotopic (exact) mass is 357 g/mol. The van der Waals surface area contributed by atoms with E-state index < -0.39 is 23.6 Å². The quantitative estimate of drug-likeness (QED) is 0.654. The number of hydrogen-bond donors (Lipinski definition) is 1. The highest BCUT2D eigenvalue weighted by atomic mass is 19.4. The van der Waals surface area contributed by atoms with Crippen LogP contribution in [0.4, 0.5) is 13.2 Å². The summed E-state index contributed by atoms with van der Waals surface area (Å²) in [6, 6.07) is 2.90. The number of halogens is 3. The molecule has 1 heterocycles. The number of rotatable bonds is 5. The molecule has 134 valence electrons. The Morgan fingerprint density at radius 1 is 1.32 bits per heavy atom. The van der Waals surface area contributed by atoms with Crippen molar-refractivity contribution in [1.82, 2.24) is 15.0 Å². The maximum absolute atomic E-state index is 12.7. The zero-order valence-electron chi connectivity index (χ0n) is 13.5. The molecule has 7 nitrogen and oxygen atoms in total. The van der Waals surface area contributed by atoms with E-state index in [1.165, 1.54) is 13.2 Å². The third-order valence-electron chi connectivity index (χ3n) is 3.27. The summed E-state index contributed by atoms with van der Waals surface area (Å²) in [6.07, 6.45) is -3.12. The molecule has 0 aliphatic rings. The van der Waals surface area contributed by atoms with Gasteiger partial charge in [-0.05, 0) is 31.0 Å². The Balaban J connectivity index is 2.46. The van der Waals surface area contributed by atoms with Crippen LogP contribution in [0.5, 0.6) is 5.75 Å². The lowest BCUT2D eigenvalue weighted by Crippen LogP contribution is -2.10. The maximum Gasteiger partial charge on any atom is 0.436 e. The van der Waals surface area contributed by atoms with Gasteiger partial charge in [0.15, 0.2) is 5.69 Å². The minimum atomic E-state index is -4.62. The molecule has 0 saturated carbocycles. The van der Waals surface area contributed by atoms with Gasteiger partial charge in [0.1, 0.15) is 12.0 Å². The van der Waals surface area contributed by atoms with Gasteiger partial charge < -0.3 is 14.6 Å². The van der Waals surface area contributed by atoms with Crippen LogP contribution in [0.15, 0.2) is 30.4 Å². The third-order valence-corrected chi connectivity index (χ3v) is 3.27. The summed E-state index contributed by atoms with van der Waals surface area (Å²) < 4.78 is 47.9. The van der Waals surface area contributed by atoms with Crippen LogP contribution in [0.2, 0.25) is 0 Å². The van der Waals surface area contributed by atoms with Crippen molar-refractivity contribution in [2.24, 2.45) is 0 Å². The average Bonchev–Trinajstić information content (AvgIpc) is 3.00. The molecule has 10 heteroatoms. The second-order valence-corrected chi connectivity index (χ2v) is 5.03. The number of aryl methyl sites for hydroxylation is 1. The van der Waals surface area contributed by atoms with Crippen molar-refractivity contribution in [3.8, 4) is 11.4 Å². The Hall–Kier alpha value is -3.04. The molecular formula is C15H14F3N3O4. The minimum absolute atomic E-state index is 0.131. The van der Waals surface area contributed by atoms with E-state index in [9.17, 15) is 18.0 Å². The summed E-state index contributed by atoms with van der Waals surface area (Å²) in [7, 11) is 1.26. The molecule has 0 spiro atoms. The second kappa shape index (κ2) is 6.83. The summed E-state index contributed by atoms with van der Waals surface area (Å²) in [6.45, 7) is 3.37. The number of hydrogen-bond acceptors (Lipinski definition) is 5. The lowest BCUT2D eigenvalue weighted by molar-refractivity contribution is -0.141. The topological polar surface area (TPSA) is 86.5 Å². The van der Waals surface area contributed by atoms with Crippen LogP contribution < -0.4 is 4.74 Å². The van der Waals surface area contributed by atoms with E-state index in [1.54, 1.807) is 19.9 Å². The smallest absolute Gasteiger partial charge is 0.436 e. The van der Waals surface area contributed by atoms with Gasteiger partial charge in [0.25, 0.3) is 0 Å². The number of ether oxygens (including phenoxy) is 2. The van der Waals surface area contributed by atoms with Crippen LogP contribution in [-0.2, 0) is 15.7 Å². The average molecular weight is 357 g/mol. The first kappa shape index (κ1) is 18.3. The normalized spacial score (nSPS) is 12.2. The number of aliphatic carboxylic acids is 1. The number of benzene rings is 1. The van der Waals surface area contributed by atoms with E-state index in [-0.39, 0.29) is 11.4 Å². The fourth-order valence-electron chi connectivity index (χ4n) is 1.89. The number of alkyl halides is 3. The van der Waals surface area contributed by atoms with Crippen LogP contribution >= 0.6 is 0 Å². The lowest BCUT2D eigenvalue weighted by Gasteiger charge is -2.13. The van der Waals surface area contributed by atoms with Gasteiger partial charge in [0.2, 0.25) is 5.76 Å². The third kappa shape index (κ3) is 4.08. The molecule has 1 aromatic carbocycles. The van der Waals surface area contributed by atoms with Crippen molar-refractivity contribution in [3.63, 3.8) is 0 Å². The van der Waals surface area contributed by atoms with Crippen LogP contribution in [0.1, 0.15) is 16.8 Å². The highest BCUT2D eigenvalue weighted by molar-refractivity contribution is 5.84. The highest BCUT2D eigenvalue weighted by Crippen LogP contribution is 2.29. The zero-order chi connectivity index (χ0) is 18.8. The number of carboxylic acid groups (broad SMARTS) is 1. The van der Waals surface area contributed by atoms with Gasteiger partial charge >= 0.3 is 12.1 Å². The number of nitrogens with zero attached hydrogens (tertiary/aromatic N) is 3. The van der Waals surface area contributed by atoms with Gasteiger partial charge in [-0.25, -0.2) is 4.79 Å². The van der Waals surface area contributed by atoms with Gasteiger partial charge in [-0.2, -0.15) is 23.1 Å². The molecule has 2 rings (SSSR count). The van der Waals surface area contributed by atoms with Crippen LogP contribution in [0.25, 0.3) is 5.69 Å². The molecule has 1 N–H and O–H groups in total. The number of aromatic nitrogens is 3. The molecule has 0 amide bonds. The summed E-state index contributed by atoms with van der Waals surface area (Å²) in [4.78, 5) is 11.9. The number of methoxy groups -OCH3 is 1. The van der Waals surface area contributed by atoms with Crippen LogP contribution in [-0.4, -0.2) is 33.2 Å². The number of carbonyl (C=O) groups is 1. The SMILES string of the molecule is CO/C=C(\Oc1cc(-n2ncc(C(F)(F)F)n2)cc(C)c1C)C(=O)O. The van der Waals surface area contributed by atoms with E-state index in [2.05, 4.69) is 14.9 Å². The first-order valence-electron chi connectivity index (χ1n) is 6.88. The Kier molecular flexibility index (Phi) is 5.00. The minimum Gasteiger partial charge on any atom is -0.500 e. The summed E-state index contributed by atoms with van der Waals surface area (Å²) in [5, 5.41) is 16.1. The van der Waals surface area contributed by atoms with Crippen LogP contribution in [0.3, 0.4) is 0 Å². The lowest BCUT2D eigenvalue weighted by atomic mass is 10.1. The fraction of sp³-hybridized carbons (Fsp3) is 0.267. The van der Waals surface area contributed by atoms with E-state index in [0.717, 1.165) is 11.1 Å². The molecular weight excluding hydrogens is 343 g/mol. The van der Waals surface area contributed by atoms with Gasteiger partial charge in [-0.3, -0.25) is 0 Å². The zero-order valence-corrected chi connectivity index (χ0v) is 13.5. The van der Waals surface area contributed by atoms with Crippen molar-refractivity contribution >= 4 is 5.97 Å². The van der Waals surface area contributed by atoms with E-state index in [1.807, 2.05) is 0 Å². The van der Waals surface area contributed by atoms with Gasteiger partial charge in [-0.1, -0.05) is 0 Å². The first-order valence-corrected chi connectivity index (χ1v) is 6.88. The molecule has 0 bridgehead atoms. The Morgan fingerprint density at radius 2 is 2.00 bits per heavy atom. The Labute approximate surface area is 140 Å². The predicted molar refractivity (Wildman–Crippen MR) is 79.2 cm³/mol. The summed E-state index contributed by atoms with van der Waals surface area (Å²) >= 11 is 0. The Morgan fingerprint density at radius 3 is 2.52 bits per heavy atom. The standard InChI is InChI=1S/C15H14F3N3O4/c1-8-4-10(21-19-6-13(20-21)15(16,17)18)5-11(9(8)2)25-12(7-24-3)14(22)23/h4-7H,1-3H3,(H,22,23)/b12-7-. The molecule has 1 aromatic heterocycles. The maximum atomic E-state index is 12.7. The molecule has 0 saturated heterocycles. The molecule has 0 unspecified atom stereocenters. The first-order chi connectivity index (χ1) is 11.6. The van der Waals surface area contributed by atoms with Crippen molar-refractivity contribution in [2.75, 3.05) is 7.11 Å². The molecule has 0 radical (unpaired) electrons. The van der Waals surface area contributed by atoms with E-state index in [0.29, 0.717) is 17.3 Å². The fourth-order valence-corrected chi connectivity index (χ4v) is 1.89. The van der Waals surface area contributed by atoms with E-state index >= 15 is 0 Å². The van der Waals surface area contributed by atoms with E-state index in [4.69, 9.17) is 9.84 Å². The van der Waals surface area contributed by atoms with Gasteiger partial charge in [-0.15, -0.1) is 5.10 Å². The molecule has 0 aliphatic carbocycles. The van der Waals surface area contributed by atoms with Gasteiger partial charge in [0, 0.05) is 6.07 Å². The van der Waals surface area contributed by atoms with Crippen molar-refractivity contribution < 1.29 is 32.5 Å². The largest absolute Gasteiger partial charge is 0.500 e. The summed E-state index contributed by atoms with van der Waals surface area (Å²) in [5.41, 5.74) is 0.310. The van der Waals surface area contributed by atoms with Crippen molar-refractivity contribution in [1.29, 1.82) is 0 Å². The Bertz CT molecular complexity index is 828. The molecule has 0 aliphatic heterocycles. The molecule has 0 fully saturated rings. The number of carboxylic acids is 1. The van der Waals surface area contributed by atoms with Crippen molar-refractivity contribution in [3.05, 3.63) is 47.2 Å². The van der Waals surface area contributed by atoms with Crippen molar-refractivity contribution in [2.45, 2.75) is 20.0 Å². The molecule has 0 atom stereocenters. The van der Waals surface area contributed by atoms with Crippen LogP contribution in [0, 0.1) is 13.8 Å². The molecule has 25 heavy (non-hydrogen) atoms. The highest BCUT2D eigenvalue weighted by Gasteiger charge is 2.34. The van der Waals surface area contributed by atoms with Gasteiger partial charge in [0.05, 0.1) is 19.0 Å². The molecule has 2 aromatic rings. The second-order valence-electron chi connectivity index (χ2n) is 5.03. The predicted octanol–water partition coefficient (Wildman–Crippen LogP) is 2.85. The summed E-state index contributed by atoms with van der Waals surface area (Å²) in [5.74, 6) is -1.71.